The van der Waals surface area contributed by atoms with Crippen LogP contribution >= 0.6 is 15.9 Å². The lowest BCUT2D eigenvalue weighted by molar-refractivity contribution is 0.110. The number of rotatable bonds is 5. The van der Waals surface area contributed by atoms with Gasteiger partial charge in [-0.15, -0.1) is 0 Å². The average Bonchev–Trinajstić information content (AvgIpc) is 2.47. The summed E-state index contributed by atoms with van der Waals surface area (Å²) in [6.45, 7) is 9.27. The second kappa shape index (κ2) is 7.61. The van der Waals surface area contributed by atoms with Crippen molar-refractivity contribution in [1.82, 2.24) is 5.32 Å². The van der Waals surface area contributed by atoms with Crippen LogP contribution in [0.4, 0.5) is 5.69 Å². The van der Waals surface area contributed by atoms with Crippen molar-refractivity contribution >= 4 is 21.6 Å². The monoisotopic (exact) mass is 354 g/mol. The number of aliphatic hydroxyl groups is 1. The molecule has 3 nitrogen and oxygen atoms in total. The molecular formula is C17H27BrN2O. The molecule has 1 heterocycles. The van der Waals surface area contributed by atoms with Gasteiger partial charge in [0.2, 0.25) is 0 Å². The van der Waals surface area contributed by atoms with Crippen molar-refractivity contribution in [3.05, 3.63) is 28.2 Å². The van der Waals surface area contributed by atoms with Crippen molar-refractivity contribution in [2.75, 3.05) is 24.5 Å². The molecular weight excluding hydrogens is 328 g/mol. The highest BCUT2D eigenvalue weighted by Crippen LogP contribution is 2.31. The van der Waals surface area contributed by atoms with E-state index >= 15 is 0 Å². The fourth-order valence-corrected chi connectivity index (χ4v) is 3.83. The van der Waals surface area contributed by atoms with Gasteiger partial charge < -0.3 is 15.3 Å². The normalized spacial score (nSPS) is 19.6. The SMILES string of the molecule is CCNC(C)c1ccc(N2CCC(C(C)O)CC2)cc1Br. The summed E-state index contributed by atoms with van der Waals surface area (Å²) < 4.78 is 1.17. The Kier molecular flexibility index (Phi) is 6.08. The lowest BCUT2D eigenvalue weighted by Gasteiger charge is -2.35. The minimum atomic E-state index is -0.178. The predicted octanol–water partition coefficient (Wildman–Crippen LogP) is 3.72. The Hall–Kier alpha value is -0.580. The highest BCUT2D eigenvalue weighted by molar-refractivity contribution is 9.10. The van der Waals surface area contributed by atoms with Gasteiger partial charge >= 0.3 is 0 Å². The summed E-state index contributed by atoms with van der Waals surface area (Å²) >= 11 is 3.71. The van der Waals surface area contributed by atoms with Crippen LogP contribution in [0, 0.1) is 5.92 Å². The summed E-state index contributed by atoms with van der Waals surface area (Å²) in [6.07, 6.45) is 1.97. The first kappa shape index (κ1) is 16.8. The van der Waals surface area contributed by atoms with E-state index in [9.17, 15) is 5.11 Å². The average molecular weight is 355 g/mol. The molecule has 0 aliphatic carbocycles. The molecule has 0 aromatic heterocycles. The topological polar surface area (TPSA) is 35.5 Å². The highest BCUT2D eigenvalue weighted by atomic mass is 79.9. The molecule has 21 heavy (non-hydrogen) atoms. The summed E-state index contributed by atoms with van der Waals surface area (Å²) in [5.74, 6) is 0.456. The molecule has 4 heteroatoms. The maximum absolute atomic E-state index is 9.69. The van der Waals surface area contributed by atoms with Gasteiger partial charge in [0, 0.05) is 29.3 Å². The maximum atomic E-state index is 9.69. The lowest BCUT2D eigenvalue weighted by atomic mass is 9.92. The van der Waals surface area contributed by atoms with Crippen molar-refractivity contribution in [2.45, 2.75) is 45.8 Å². The molecule has 0 amide bonds. The van der Waals surface area contributed by atoms with E-state index in [4.69, 9.17) is 0 Å². The predicted molar refractivity (Wildman–Crippen MR) is 92.9 cm³/mol. The minimum Gasteiger partial charge on any atom is -0.393 e. The maximum Gasteiger partial charge on any atom is 0.0541 e. The first-order valence-electron chi connectivity index (χ1n) is 7.98. The van der Waals surface area contributed by atoms with E-state index in [1.165, 1.54) is 15.7 Å². The highest BCUT2D eigenvalue weighted by Gasteiger charge is 2.23. The van der Waals surface area contributed by atoms with Crippen molar-refractivity contribution in [3.8, 4) is 0 Å². The van der Waals surface area contributed by atoms with Crippen LogP contribution in [0.5, 0.6) is 0 Å². The van der Waals surface area contributed by atoms with Crippen LogP contribution in [-0.2, 0) is 0 Å². The Labute approximate surface area is 136 Å². The summed E-state index contributed by atoms with van der Waals surface area (Å²) in [6, 6.07) is 7.02. The van der Waals surface area contributed by atoms with E-state index in [0.29, 0.717) is 12.0 Å². The number of halogens is 1. The Morgan fingerprint density at radius 3 is 2.52 bits per heavy atom. The quantitative estimate of drug-likeness (QED) is 0.845. The summed E-state index contributed by atoms with van der Waals surface area (Å²) in [7, 11) is 0. The molecule has 1 fully saturated rings. The zero-order chi connectivity index (χ0) is 15.4. The van der Waals surface area contributed by atoms with Gasteiger partial charge in [-0.25, -0.2) is 0 Å². The molecule has 2 N–H and O–H groups in total. The molecule has 0 radical (unpaired) electrons. The van der Waals surface area contributed by atoms with Crippen LogP contribution < -0.4 is 10.2 Å². The third-order valence-electron chi connectivity index (χ3n) is 4.55. The molecule has 1 saturated heterocycles. The van der Waals surface area contributed by atoms with Crippen LogP contribution in [0.3, 0.4) is 0 Å². The second-order valence-electron chi connectivity index (χ2n) is 6.05. The molecule has 1 aromatic rings. The van der Waals surface area contributed by atoms with Gasteiger partial charge in [0.1, 0.15) is 0 Å². The molecule has 1 aliphatic heterocycles. The van der Waals surface area contributed by atoms with E-state index in [2.05, 4.69) is 58.2 Å². The van der Waals surface area contributed by atoms with Crippen LogP contribution in [-0.4, -0.2) is 30.8 Å². The fraction of sp³-hybridized carbons (Fsp3) is 0.647. The van der Waals surface area contributed by atoms with Gasteiger partial charge in [-0.05, 0) is 56.8 Å². The molecule has 2 atom stereocenters. The zero-order valence-corrected chi connectivity index (χ0v) is 14.9. The first-order chi connectivity index (χ1) is 10.0. The van der Waals surface area contributed by atoms with Crippen LogP contribution in [0.25, 0.3) is 0 Å². The van der Waals surface area contributed by atoms with E-state index in [1.807, 2.05) is 6.92 Å². The zero-order valence-electron chi connectivity index (χ0n) is 13.3. The van der Waals surface area contributed by atoms with Crippen molar-refractivity contribution in [3.63, 3.8) is 0 Å². The number of hydrogen-bond donors (Lipinski definition) is 2. The third-order valence-corrected chi connectivity index (χ3v) is 5.23. The largest absolute Gasteiger partial charge is 0.393 e. The molecule has 2 unspecified atom stereocenters. The van der Waals surface area contributed by atoms with Crippen LogP contribution in [0.15, 0.2) is 22.7 Å². The second-order valence-corrected chi connectivity index (χ2v) is 6.90. The number of hydrogen-bond acceptors (Lipinski definition) is 3. The summed E-state index contributed by atoms with van der Waals surface area (Å²) in [4.78, 5) is 2.42. The lowest BCUT2D eigenvalue weighted by Crippen LogP contribution is -2.37. The molecule has 0 saturated carbocycles. The Morgan fingerprint density at radius 2 is 2.00 bits per heavy atom. The Morgan fingerprint density at radius 1 is 1.33 bits per heavy atom. The van der Waals surface area contributed by atoms with E-state index in [-0.39, 0.29) is 6.10 Å². The van der Waals surface area contributed by atoms with E-state index < -0.39 is 0 Å². The van der Waals surface area contributed by atoms with Gasteiger partial charge in [0.15, 0.2) is 0 Å². The fourth-order valence-electron chi connectivity index (χ4n) is 3.12. The number of anilines is 1. The number of nitrogens with zero attached hydrogens (tertiary/aromatic N) is 1. The molecule has 1 aromatic carbocycles. The number of nitrogens with one attached hydrogen (secondary N) is 1. The molecule has 1 aliphatic rings. The van der Waals surface area contributed by atoms with Gasteiger partial charge in [-0.2, -0.15) is 0 Å². The number of aliphatic hydroxyl groups excluding tert-OH is 1. The van der Waals surface area contributed by atoms with Gasteiger partial charge in [-0.3, -0.25) is 0 Å². The first-order valence-corrected chi connectivity index (χ1v) is 8.78. The van der Waals surface area contributed by atoms with E-state index in [1.54, 1.807) is 0 Å². The van der Waals surface area contributed by atoms with Gasteiger partial charge in [0.25, 0.3) is 0 Å². The van der Waals surface area contributed by atoms with Crippen molar-refractivity contribution in [1.29, 1.82) is 0 Å². The summed E-state index contributed by atoms with van der Waals surface area (Å²) in [5, 5.41) is 13.1. The van der Waals surface area contributed by atoms with E-state index in [0.717, 1.165) is 32.5 Å². The number of piperidine rings is 1. The van der Waals surface area contributed by atoms with Crippen LogP contribution in [0.2, 0.25) is 0 Å². The van der Waals surface area contributed by atoms with Gasteiger partial charge in [-0.1, -0.05) is 28.9 Å². The van der Waals surface area contributed by atoms with Gasteiger partial charge in [0.05, 0.1) is 6.10 Å². The van der Waals surface area contributed by atoms with Crippen LogP contribution in [0.1, 0.15) is 45.2 Å². The Balaban J connectivity index is 2.04. The third kappa shape index (κ3) is 4.21. The minimum absolute atomic E-state index is 0.178. The molecule has 2 rings (SSSR count). The van der Waals surface area contributed by atoms with Crippen molar-refractivity contribution in [2.24, 2.45) is 5.92 Å². The molecule has 118 valence electrons. The summed E-state index contributed by atoms with van der Waals surface area (Å²) in [5.41, 5.74) is 2.58. The van der Waals surface area contributed by atoms with Crippen molar-refractivity contribution < 1.29 is 5.11 Å². The molecule has 0 spiro atoms. The standard InChI is InChI=1S/C17H27BrN2O/c1-4-19-12(2)16-6-5-15(11-17(16)18)20-9-7-14(8-10-20)13(3)21/h5-6,11-14,19,21H,4,7-10H2,1-3H3. The Bertz CT molecular complexity index is 456. The smallest absolute Gasteiger partial charge is 0.0541 e. The number of benzene rings is 1. The molecule has 0 bridgehead atoms.